The summed E-state index contributed by atoms with van der Waals surface area (Å²) in [6.45, 7) is 2.86. The van der Waals surface area contributed by atoms with E-state index in [1.807, 2.05) is 12.1 Å². The number of likely N-dealkylation sites (tertiary alicyclic amines) is 1. The van der Waals surface area contributed by atoms with Crippen molar-refractivity contribution in [3.8, 4) is 6.07 Å². The summed E-state index contributed by atoms with van der Waals surface area (Å²) >= 11 is 0. The van der Waals surface area contributed by atoms with E-state index >= 15 is 0 Å². The maximum atomic E-state index is 14.1. The molecule has 1 unspecified atom stereocenters. The van der Waals surface area contributed by atoms with Gasteiger partial charge in [-0.2, -0.15) is 5.26 Å². The van der Waals surface area contributed by atoms with E-state index < -0.39 is 5.41 Å². The van der Waals surface area contributed by atoms with E-state index in [1.165, 1.54) is 11.6 Å². The van der Waals surface area contributed by atoms with E-state index in [2.05, 4.69) is 35.2 Å². The molecule has 2 N–H and O–H groups in total. The van der Waals surface area contributed by atoms with Crippen LogP contribution >= 0.6 is 0 Å². The Labute approximate surface area is 173 Å². The fourth-order valence-electron chi connectivity index (χ4n) is 5.68. The van der Waals surface area contributed by atoms with Crippen LogP contribution in [-0.4, -0.2) is 24.0 Å². The molecule has 3 nitrogen and oxygen atoms in total. The summed E-state index contributed by atoms with van der Waals surface area (Å²) in [5, 5.41) is 10.5. The Morgan fingerprint density at radius 2 is 1.79 bits per heavy atom. The Bertz CT molecular complexity index is 854. The van der Waals surface area contributed by atoms with Crippen molar-refractivity contribution in [1.82, 2.24) is 4.90 Å². The lowest BCUT2D eigenvalue weighted by Crippen LogP contribution is -2.50. The first-order chi connectivity index (χ1) is 14.1. The van der Waals surface area contributed by atoms with Gasteiger partial charge >= 0.3 is 0 Å². The number of rotatable bonds is 5. The molecular weight excluding hydrogens is 361 g/mol. The highest BCUT2D eigenvalue weighted by Crippen LogP contribution is 2.49. The first-order valence-electron chi connectivity index (χ1n) is 10.8. The molecule has 1 heterocycles. The minimum Gasteiger partial charge on any atom is -0.327 e. The van der Waals surface area contributed by atoms with Crippen LogP contribution in [0.5, 0.6) is 0 Å². The molecule has 152 valence electrons. The molecule has 1 saturated heterocycles. The Kier molecular flexibility index (Phi) is 5.99. The van der Waals surface area contributed by atoms with Crippen molar-refractivity contribution in [1.29, 1.82) is 5.26 Å². The van der Waals surface area contributed by atoms with Gasteiger partial charge in [0.05, 0.1) is 11.5 Å². The highest BCUT2D eigenvalue weighted by Gasteiger charge is 2.51. The number of hydrogen-bond donors (Lipinski definition) is 1. The van der Waals surface area contributed by atoms with Gasteiger partial charge in [-0.15, -0.1) is 0 Å². The Balaban J connectivity index is 1.58. The van der Waals surface area contributed by atoms with Gasteiger partial charge in [0.15, 0.2) is 0 Å². The smallest absolute Gasteiger partial charge is 0.123 e. The molecule has 1 aliphatic heterocycles. The molecule has 1 aliphatic carbocycles. The molecule has 3 atom stereocenters. The first-order valence-corrected chi connectivity index (χ1v) is 10.8. The molecule has 4 heteroatoms. The van der Waals surface area contributed by atoms with E-state index in [-0.39, 0.29) is 23.7 Å². The second-order valence-corrected chi connectivity index (χ2v) is 8.73. The van der Waals surface area contributed by atoms with Crippen LogP contribution in [0.25, 0.3) is 0 Å². The number of benzene rings is 2. The lowest BCUT2D eigenvalue weighted by atomic mass is 9.59. The predicted octanol–water partition coefficient (Wildman–Crippen LogP) is 4.63. The van der Waals surface area contributed by atoms with Crippen LogP contribution in [0.4, 0.5) is 4.39 Å². The molecule has 0 aromatic heterocycles. The lowest BCUT2D eigenvalue weighted by molar-refractivity contribution is 0.110. The zero-order valence-electron chi connectivity index (χ0n) is 16.9. The van der Waals surface area contributed by atoms with Crippen molar-refractivity contribution < 1.29 is 4.39 Å². The molecule has 0 radical (unpaired) electrons. The van der Waals surface area contributed by atoms with Crippen LogP contribution in [0.2, 0.25) is 0 Å². The van der Waals surface area contributed by atoms with Gasteiger partial charge in [-0.1, -0.05) is 48.9 Å². The molecule has 0 amide bonds. The van der Waals surface area contributed by atoms with E-state index in [0.717, 1.165) is 57.3 Å². The second-order valence-electron chi connectivity index (χ2n) is 8.73. The molecule has 2 fully saturated rings. The molecule has 29 heavy (non-hydrogen) atoms. The van der Waals surface area contributed by atoms with Crippen molar-refractivity contribution in [3.63, 3.8) is 0 Å². The minimum atomic E-state index is -0.698. The summed E-state index contributed by atoms with van der Waals surface area (Å²) in [7, 11) is 0. The molecule has 0 bridgehead atoms. The quantitative estimate of drug-likeness (QED) is 0.809. The summed E-state index contributed by atoms with van der Waals surface area (Å²) in [6.07, 6.45) is 4.85. The van der Waals surface area contributed by atoms with Gasteiger partial charge < -0.3 is 5.73 Å². The van der Waals surface area contributed by atoms with Gasteiger partial charge in [-0.25, -0.2) is 4.39 Å². The van der Waals surface area contributed by atoms with Gasteiger partial charge in [-0.3, -0.25) is 4.90 Å². The Morgan fingerprint density at radius 1 is 1.03 bits per heavy atom. The third-order valence-electron chi connectivity index (χ3n) is 7.12. The molecule has 0 spiro atoms. The van der Waals surface area contributed by atoms with Crippen LogP contribution in [0, 0.1) is 29.0 Å². The van der Waals surface area contributed by atoms with Crippen LogP contribution in [0.15, 0.2) is 54.6 Å². The van der Waals surface area contributed by atoms with Crippen molar-refractivity contribution >= 4 is 0 Å². The van der Waals surface area contributed by atoms with Gasteiger partial charge in [-0.05, 0) is 73.9 Å². The first kappa shape index (κ1) is 20.1. The zero-order valence-corrected chi connectivity index (χ0v) is 16.9. The highest BCUT2D eigenvalue weighted by molar-refractivity contribution is 5.37. The molecule has 1 saturated carbocycles. The topological polar surface area (TPSA) is 53.0 Å². The van der Waals surface area contributed by atoms with Crippen LogP contribution in [0.1, 0.15) is 43.2 Å². The monoisotopic (exact) mass is 391 g/mol. The maximum Gasteiger partial charge on any atom is 0.123 e. The average Bonchev–Trinajstić information content (AvgIpc) is 3.17. The number of nitrogens with zero attached hydrogens (tertiary/aromatic N) is 2. The van der Waals surface area contributed by atoms with E-state index in [1.54, 1.807) is 12.1 Å². The second kappa shape index (κ2) is 8.65. The molecule has 4 rings (SSSR count). The van der Waals surface area contributed by atoms with Crippen LogP contribution < -0.4 is 5.73 Å². The van der Waals surface area contributed by atoms with E-state index in [4.69, 9.17) is 5.73 Å². The molecule has 2 aliphatic rings. The largest absolute Gasteiger partial charge is 0.327 e. The number of piperidine rings is 1. The molecule has 2 aromatic rings. The van der Waals surface area contributed by atoms with Crippen molar-refractivity contribution in [2.75, 3.05) is 13.1 Å². The summed E-state index contributed by atoms with van der Waals surface area (Å²) in [5.74, 6) is 0.0330. The van der Waals surface area contributed by atoms with E-state index in [0.29, 0.717) is 0 Å². The Morgan fingerprint density at radius 3 is 2.41 bits per heavy atom. The third kappa shape index (κ3) is 3.95. The number of nitrogens with two attached hydrogens (primary N) is 1. The third-order valence-corrected chi connectivity index (χ3v) is 7.12. The molecular formula is C25H30FN3. The average molecular weight is 392 g/mol. The van der Waals surface area contributed by atoms with Crippen molar-refractivity contribution in [3.05, 3.63) is 71.5 Å². The van der Waals surface area contributed by atoms with Crippen LogP contribution in [-0.2, 0) is 12.0 Å². The SMILES string of the molecule is N#CC(c1cccc(F)c1)(C1CCN(Cc2ccccc2)CC1)[C@H]1CCC[C@@H]1N. The van der Waals surface area contributed by atoms with Crippen LogP contribution in [0.3, 0.4) is 0 Å². The predicted molar refractivity (Wildman–Crippen MR) is 113 cm³/mol. The van der Waals surface area contributed by atoms with Gasteiger partial charge in [0.25, 0.3) is 0 Å². The fourth-order valence-corrected chi connectivity index (χ4v) is 5.68. The van der Waals surface area contributed by atoms with Gasteiger partial charge in [0, 0.05) is 12.6 Å². The zero-order chi connectivity index (χ0) is 20.3. The summed E-state index contributed by atoms with van der Waals surface area (Å²) in [4.78, 5) is 2.47. The van der Waals surface area contributed by atoms with Crippen molar-refractivity contribution in [2.45, 2.75) is 50.1 Å². The number of nitriles is 1. The summed E-state index contributed by atoms with van der Waals surface area (Å²) in [6, 6.07) is 19.9. The van der Waals surface area contributed by atoms with Gasteiger partial charge in [0.1, 0.15) is 5.82 Å². The highest BCUT2D eigenvalue weighted by atomic mass is 19.1. The summed E-state index contributed by atoms with van der Waals surface area (Å²) < 4.78 is 14.1. The molecule has 2 aromatic carbocycles. The normalized spacial score (nSPS) is 25.4. The number of halogens is 1. The fraction of sp³-hybridized carbons (Fsp3) is 0.480. The number of hydrogen-bond acceptors (Lipinski definition) is 3. The minimum absolute atomic E-state index is 0.0141. The maximum absolute atomic E-state index is 14.1. The van der Waals surface area contributed by atoms with E-state index in [9.17, 15) is 9.65 Å². The van der Waals surface area contributed by atoms with Gasteiger partial charge in [0.2, 0.25) is 0 Å². The Hall–Kier alpha value is -2.22. The van der Waals surface area contributed by atoms with Crippen molar-refractivity contribution in [2.24, 2.45) is 17.6 Å². The summed E-state index contributed by atoms with van der Waals surface area (Å²) in [5.41, 5.74) is 7.94. The lowest BCUT2D eigenvalue weighted by Gasteiger charge is -2.45. The standard InChI is InChI=1S/C25H30FN3/c26-22-9-4-8-21(16-22)25(18-27,23-10-5-11-24(23)28)20-12-14-29(15-13-20)17-19-6-2-1-3-7-19/h1-4,6-9,16,20,23-24H,5,10-15,17,28H2/t23-,24-,25?/m0/s1.